The Morgan fingerprint density at radius 3 is 2.55 bits per heavy atom. The number of guanidine groups is 1. The summed E-state index contributed by atoms with van der Waals surface area (Å²) in [6, 6.07) is 19.1. The zero-order valence-electron chi connectivity index (χ0n) is 19.8. The van der Waals surface area contributed by atoms with E-state index in [1.54, 1.807) is 0 Å². The maximum atomic E-state index is 12.1. The molecule has 1 saturated heterocycles. The lowest BCUT2D eigenvalue weighted by atomic mass is 9.90. The second kappa shape index (κ2) is 11.2. The van der Waals surface area contributed by atoms with Gasteiger partial charge in [-0.15, -0.1) is 0 Å². The third kappa shape index (κ3) is 6.05. The topological polar surface area (TPSA) is 72.0 Å². The average Bonchev–Trinajstić information content (AvgIpc) is 2.86. The molecule has 4 rings (SSSR count). The van der Waals surface area contributed by atoms with E-state index in [-0.39, 0.29) is 11.8 Å². The smallest absolute Gasteiger partial charge is 0.225 e. The summed E-state index contributed by atoms with van der Waals surface area (Å²) >= 11 is 0. The van der Waals surface area contributed by atoms with E-state index in [2.05, 4.69) is 76.0 Å². The highest BCUT2D eigenvalue weighted by Gasteiger charge is 2.25. The minimum Gasteiger partial charge on any atom is -0.369 e. The number of hydrogen-bond donors (Lipinski definition) is 3. The molecule has 0 saturated carbocycles. The normalized spacial score (nSPS) is 20.1. The van der Waals surface area contributed by atoms with Crippen LogP contribution >= 0.6 is 0 Å². The van der Waals surface area contributed by atoms with Gasteiger partial charge in [-0.2, -0.15) is 0 Å². The van der Waals surface area contributed by atoms with Gasteiger partial charge < -0.3 is 20.9 Å². The summed E-state index contributed by atoms with van der Waals surface area (Å²) in [7, 11) is 0. The van der Waals surface area contributed by atoms with Crippen LogP contribution in [-0.4, -0.2) is 68.6 Å². The molecule has 2 unspecified atom stereocenters. The zero-order chi connectivity index (χ0) is 23.0. The fraction of sp³-hybridized carbons (Fsp3) is 0.462. The molecule has 0 aromatic heterocycles. The van der Waals surface area contributed by atoms with E-state index in [9.17, 15) is 4.79 Å². The van der Waals surface area contributed by atoms with Crippen LogP contribution in [0.25, 0.3) is 0 Å². The Labute approximate surface area is 197 Å². The van der Waals surface area contributed by atoms with Gasteiger partial charge in [0.05, 0.1) is 6.54 Å². The van der Waals surface area contributed by atoms with Crippen molar-refractivity contribution in [2.45, 2.75) is 32.2 Å². The average molecular weight is 449 g/mol. The second-order valence-corrected chi connectivity index (χ2v) is 8.84. The van der Waals surface area contributed by atoms with Crippen LogP contribution in [-0.2, 0) is 4.79 Å². The molecule has 2 aromatic rings. The Morgan fingerprint density at radius 2 is 1.79 bits per heavy atom. The molecule has 7 heteroatoms. The Hall–Kier alpha value is -3.06. The Morgan fingerprint density at radius 1 is 1.06 bits per heavy atom. The number of carbonyl (C=O) groups is 1. The van der Waals surface area contributed by atoms with E-state index in [0.717, 1.165) is 50.9 Å². The summed E-state index contributed by atoms with van der Waals surface area (Å²) in [6.45, 7) is 10.7. The summed E-state index contributed by atoms with van der Waals surface area (Å²) in [5, 5.41) is 9.80. The fourth-order valence-corrected chi connectivity index (χ4v) is 4.64. The number of aliphatic imine (C=N–C) groups is 1. The van der Waals surface area contributed by atoms with Gasteiger partial charge >= 0.3 is 0 Å². The predicted octanol–water partition coefficient (Wildman–Crippen LogP) is 2.88. The molecule has 2 aromatic carbocycles. The number of carbonyl (C=O) groups excluding carboxylic acids is 1. The van der Waals surface area contributed by atoms with Crippen molar-refractivity contribution < 1.29 is 4.79 Å². The van der Waals surface area contributed by atoms with Crippen LogP contribution in [0.4, 0.5) is 11.4 Å². The van der Waals surface area contributed by atoms with Crippen LogP contribution in [0.1, 0.15) is 31.7 Å². The lowest BCUT2D eigenvalue weighted by Gasteiger charge is -2.38. The van der Waals surface area contributed by atoms with E-state index < -0.39 is 0 Å². The van der Waals surface area contributed by atoms with E-state index in [1.807, 2.05) is 18.2 Å². The van der Waals surface area contributed by atoms with E-state index in [4.69, 9.17) is 4.99 Å². The quantitative estimate of drug-likeness (QED) is 0.449. The molecule has 1 amide bonds. The highest BCUT2D eigenvalue weighted by atomic mass is 16.1. The summed E-state index contributed by atoms with van der Waals surface area (Å²) in [4.78, 5) is 22.0. The first-order chi connectivity index (χ1) is 16.1. The van der Waals surface area contributed by atoms with Gasteiger partial charge in [0.1, 0.15) is 0 Å². The molecule has 7 nitrogen and oxygen atoms in total. The van der Waals surface area contributed by atoms with Crippen molar-refractivity contribution in [2.24, 2.45) is 4.99 Å². The Kier molecular flexibility index (Phi) is 7.83. The zero-order valence-corrected chi connectivity index (χ0v) is 19.8. The number of para-hydroxylation sites is 2. The summed E-state index contributed by atoms with van der Waals surface area (Å²) in [6.07, 6.45) is 0.492. The molecule has 2 atom stereocenters. The highest BCUT2D eigenvalue weighted by molar-refractivity contribution is 5.94. The number of amides is 1. The number of fused-ring (bicyclic) bond motifs is 1. The standard InChI is InChI=1S/C26H36N6O/c1-3-27-26(29-19-21-17-25(33)30-24-12-8-7-11-23(21)24)28-18-20(2)31-13-15-32(16-14-31)22-9-5-4-6-10-22/h4-12,20-21H,3,13-19H2,1-2H3,(H,30,33)(H2,27,28,29). The molecule has 3 N–H and O–H groups in total. The van der Waals surface area contributed by atoms with Gasteiger partial charge in [-0.25, -0.2) is 0 Å². The number of rotatable bonds is 7. The number of piperazine rings is 1. The van der Waals surface area contributed by atoms with Gasteiger partial charge in [0.15, 0.2) is 5.96 Å². The summed E-state index contributed by atoms with van der Waals surface area (Å²) in [5.74, 6) is 1.03. The monoisotopic (exact) mass is 448 g/mol. The summed E-state index contributed by atoms with van der Waals surface area (Å²) in [5.41, 5.74) is 3.41. The summed E-state index contributed by atoms with van der Waals surface area (Å²) < 4.78 is 0. The number of hydrogen-bond acceptors (Lipinski definition) is 4. The van der Waals surface area contributed by atoms with Gasteiger partial charge in [-0.05, 0) is 37.6 Å². The molecular formula is C26H36N6O. The second-order valence-electron chi connectivity index (χ2n) is 8.84. The van der Waals surface area contributed by atoms with Gasteiger partial charge in [-0.1, -0.05) is 36.4 Å². The van der Waals surface area contributed by atoms with Crippen molar-refractivity contribution in [1.82, 2.24) is 15.5 Å². The number of benzene rings is 2. The fourth-order valence-electron chi connectivity index (χ4n) is 4.64. The van der Waals surface area contributed by atoms with Gasteiger partial charge in [0.2, 0.25) is 5.91 Å². The molecule has 0 radical (unpaired) electrons. The SMILES string of the molecule is CCNC(=NCC(C)N1CCN(c2ccccc2)CC1)NCC1CC(=O)Nc2ccccc21. The Balaban J connectivity index is 1.30. The van der Waals surface area contributed by atoms with Crippen molar-refractivity contribution in [3.63, 3.8) is 0 Å². The minimum absolute atomic E-state index is 0.0747. The number of anilines is 2. The maximum Gasteiger partial charge on any atom is 0.225 e. The number of nitrogens with zero attached hydrogens (tertiary/aromatic N) is 3. The molecular weight excluding hydrogens is 412 g/mol. The van der Waals surface area contributed by atoms with Gasteiger partial charge in [-0.3, -0.25) is 14.7 Å². The van der Waals surface area contributed by atoms with Crippen LogP contribution < -0.4 is 20.9 Å². The molecule has 2 aliphatic heterocycles. The Bertz CT molecular complexity index is 939. The van der Waals surface area contributed by atoms with Crippen LogP contribution in [0.15, 0.2) is 59.6 Å². The van der Waals surface area contributed by atoms with E-state index in [1.165, 1.54) is 11.3 Å². The molecule has 0 bridgehead atoms. The molecule has 0 aliphatic carbocycles. The third-order valence-electron chi connectivity index (χ3n) is 6.54. The largest absolute Gasteiger partial charge is 0.369 e. The maximum absolute atomic E-state index is 12.1. The van der Waals surface area contributed by atoms with Crippen LogP contribution in [0.2, 0.25) is 0 Å². The van der Waals surface area contributed by atoms with E-state index in [0.29, 0.717) is 19.0 Å². The predicted molar refractivity (Wildman–Crippen MR) is 136 cm³/mol. The van der Waals surface area contributed by atoms with Gasteiger partial charge in [0, 0.05) is 69.0 Å². The lowest BCUT2D eigenvalue weighted by Crippen LogP contribution is -2.50. The van der Waals surface area contributed by atoms with Crippen LogP contribution in [0.3, 0.4) is 0 Å². The minimum atomic E-state index is 0.0747. The molecule has 0 spiro atoms. The van der Waals surface area contributed by atoms with Crippen molar-refractivity contribution in [1.29, 1.82) is 0 Å². The van der Waals surface area contributed by atoms with Crippen LogP contribution in [0, 0.1) is 0 Å². The van der Waals surface area contributed by atoms with Crippen molar-refractivity contribution in [2.75, 3.05) is 56.0 Å². The number of nitrogens with one attached hydrogen (secondary N) is 3. The van der Waals surface area contributed by atoms with Gasteiger partial charge in [0.25, 0.3) is 0 Å². The first-order valence-corrected chi connectivity index (χ1v) is 12.1. The molecule has 176 valence electrons. The van der Waals surface area contributed by atoms with Crippen molar-refractivity contribution >= 4 is 23.2 Å². The molecule has 2 heterocycles. The first-order valence-electron chi connectivity index (χ1n) is 12.1. The third-order valence-corrected chi connectivity index (χ3v) is 6.54. The van der Waals surface area contributed by atoms with Crippen molar-refractivity contribution in [3.8, 4) is 0 Å². The molecule has 1 fully saturated rings. The molecule has 2 aliphatic rings. The highest BCUT2D eigenvalue weighted by Crippen LogP contribution is 2.31. The lowest BCUT2D eigenvalue weighted by molar-refractivity contribution is -0.116. The molecule has 33 heavy (non-hydrogen) atoms. The van der Waals surface area contributed by atoms with Crippen molar-refractivity contribution in [3.05, 3.63) is 60.2 Å². The van der Waals surface area contributed by atoms with Crippen LogP contribution in [0.5, 0.6) is 0 Å². The first kappa shape index (κ1) is 23.1. The van der Waals surface area contributed by atoms with E-state index >= 15 is 0 Å².